The Morgan fingerprint density at radius 3 is 3.11 bits per heavy atom. The second-order valence-corrected chi connectivity index (χ2v) is 5.04. The van der Waals surface area contributed by atoms with E-state index in [1.165, 1.54) is 7.11 Å². The first kappa shape index (κ1) is 13.9. The van der Waals surface area contributed by atoms with Crippen molar-refractivity contribution in [2.75, 3.05) is 37.5 Å². The van der Waals surface area contributed by atoms with E-state index in [2.05, 4.69) is 46.2 Å². The second kappa shape index (κ2) is 6.05. The van der Waals surface area contributed by atoms with Crippen LogP contribution in [0, 0.1) is 0 Å². The molecule has 2 rings (SSSR count). The summed E-state index contributed by atoms with van der Waals surface area (Å²) in [4.78, 5) is 21.8. The number of nitrogens with one attached hydrogen (secondary N) is 2. The molecule has 1 aliphatic heterocycles. The molecule has 0 saturated carbocycles. The van der Waals surface area contributed by atoms with Gasteiger partial charge in [-0.1, -0.05) is 0 Å². The molecule has 104 valence electrons. The van der Waals surface area contributed by atoms with Gasteiger partial charge in [0, 0.05) is 26.3 Å². The van der Waals surface area contributed by atoms with E-state index >= 15 is 0 Å². The SMILES string of the molecule is CNc1ncc(Br)c(N2CCC(NC(=O)OC)C2)n1. The first-order valence-electron chi connectivity index (χ1n) is 5.93. The molecule has 2 heterocycles. The van der Waals surface area contributed by atoms with Crippen LogP contribution in [0.4, 0.5) is 16.6 Å². The predicted octanol–water partition coefficient (Wildman–Crippen LogP) is 1.22. The van der Waals surface area contributed by atoms with Crippen molar-refractivity contribution in [2.24, 2.45) is 0 Å². The van der Waals surface area contributed by atoms with Gasteiger partial charge in [-0.05, 0) is 22.4 Å². The van der Waals surface area contributed by atoms with E-state index < -0.39 is 6.09 Å². The number of anilines is 2. The van der Waals surface area contributed by atoms with Gasteiger partial charge in [0.2, 0.25) is 5.95 Å². The van der Waals surface area contributed by atoms with Crippen molar-refractivity contribution in [1.29, 1.82) is 0 Å². The van der Waals surface area contributed by atoms with Gasteiger partial charge in [0.1, 0.15) is 5.82 Å². The molecule has 0 aliphatic carbocycles. The molecule has 1 amide bonds. The third-order valence-corrected chi connectivity index (χ3v) is 3.50. The standard InChI is InChI=1S/C11H16BrN5O2/c1-13-10-14-5-8(12)9(16-10)17-4-3-7(6-17)15-11(18)19-2/h5,7H,3-4,6H2,1-2H3,(H,15,18)(H,13,14,16). The number of halogens is 1. The molecule has 0 spiro atoms. The summed E-state index contributed by atoms with van der Waals surface area (Å²) in [6, 6.07) is 0.0763. The number of amides is 1. The topological polar surface area (TPSA) is 79.4 Å². The fourth-order valence-corrected chi connectivity index (χ4v) is 2.44. The van der Waals surface area contributed by atoms with Crippen LogP contribution >= 0.6 is 15.9 Å². The highest BCUT2D eigenvalue weighted by Crippen LogP contribution is 2.27. The summed E-state index contributed by atoms with van der Waals surface area (Å²) in [7, 11) is 3.14. The summed E-state index contributed by atoms with van der Waals surface area (Å²) >= 11 is 3.45. The third-order valence-electron chi connectivity index (χ3n) is 2.94. The Balaban J connectivity index is 2.06. The van der Waals surface area contributed by atoms with Gasteiger partial charge in [-0.25, -0.2) is 9.78 Å². The van der Waals surface area contributed by atoms with Gasteiger partial charge in [0.05, 0.1) is 17.6 Å². The molecular formula is C11H16BrN5O2. The van der Waals surface area contributed by atoms with Crippen molar-refractivity contribution < 1.29 is 9.53 Å². The zero-order valence-electron chi connectivity index (χ0n) is 10.8. The van der Waals surface area contributed by atoms with Crippen molar-refractivity contribution in [2.45, 2.75) is 12.5 Å². The summed E-state index contributed by atoms with van der Waals surface area (Å²) in [5, 5.41) is 5.71. The summed E-state index contributed by atoms with van der Waals surface area (Å²) in [6.07, 6.45) is 2.18. The van der Waals surface area contributed by atoms with Gasteiger partial charge in [-0.2, -0.15) is 4.98 Å². The van der Waals surface area contributed by atoms with Gasteiger partial charge in [0.15, 0.2) is 0 Å². The zero-order chi connectivity index (χ0) is 13.8. The molecule has 1 saturated heterocycles. The molecule has 1 aromatic heterocycles. The number of methoxy groups -OCH3 is 1. The third kappa shape index (κ3) is 3.25. The lowest BCUT2D eigenvalue weighted by Crippen LogP contribution is -2.37. The number of aromatic nitrogens is 2. The molecule has 19 heavy (non-hydrogen) atoms. The summed E-state index contributed by atoms with van der Waals surface area (Å²) in [5.41, 5.74) is 0. The smallest absolute Gasteiger partial charge is 0.407 e. The van der Waals surface area contributed by atoms with E-state index in [0.717, 1.165) is 23.3 Å². The summed E-state index contributed by atoms with van der Waals surface area (Å²) in [6.45, 7) is 1.53. The van der Waals surface area contributed by atoms with Crippen molar-refractivity contribution >= 4 is 33.8 Å². The minimum absolute atomic E-state index is 0.0763. The average molecular weight is 330 g/mol. The fourth-order valence-electron chi connectivity index (χ4n) is 2.00. The quantitative estimate of drug-likeness (QED) is 0.867. The molecule has 7 nitrogen and oxygen atoms in total. The Morgan fingerprint density at radius 2 is 2.42 bits per heavy atom. The number of rotatable bonds is 3. The normalized spacial score (nSPS) is 18.3. The molecule has 1 aromatic rings. The Hall–Kier alpha value is -1.57. The number of carbonyl (C=O) groups is 1. The van der Waals surface area contributed by atoms with Crippen LogP contribution in [-0.4, -0.2) is 49.4 Å². The van der Waals surface area contributed by atoms with Crippen LogP contribution in [-0.2, 0) is 4.74 Å². The average Bonchev–Trinajstić information content (AvgIpc) is 2.87. The first-order chi connectivity index (χ1) is 9.13. The number of hydrogen-bond acceptors (Lipinski definition) is 6. The molecule has 1 fully saturated rings. The molecule has 0 aromatic carbocycles. The van der Waals surface area contributed by atoms with E-state index in [1.54, 1.807) is 13.2 Å². The lowest BCUT2D eigenvalue weighted by Gasteiger charge is -2.19. The van der Waals surface area contributed by atoms with Crippen molar-refractivity contribution in [1.82, 2.24) is 15.3 Å². The molecule has 1 unspecified atom stereocenters. The lowest BCUT2D eigenvalue weighted by atomic mass is 10.3. The highest BCUT2D eigenvalue weighted by atomic mass is 79.9. The Bertz CT molecular complexity index is 470. The van der Waals surface area contributed by atoms with Crippen molar-refractivity contribution in [3.05, 3.63) is 10.7 Å². The molecular weight excluding hydrogens is 314 g/mol. The van der Waals surface area contributed by atoms with Gasteiger partial charge in [0.25, 0.3) is 0 Å². The number of alkyl carbamates (subject to hydrolysis) is 1. The van der Waals surface area contributed by atoms with Crippen LogP contribution in [0.2, 0.25) is 0 Å². The summed E-state index contributed by atoms with van der Waals surface area (Å²) < 4.78 is 5.44. The second-order valence-electron chi connectivity index (χ2n) is 4.18. The van der Waals surface area contributed by atoms with Crippen LogP contribution in [0.15, 0.2) is 10.7 Å². The maximum Gasteiger partial charge on any atom is 0.407 e. The summed E-state index contributed by atoms with van der Waals surface area (Å²) in [5.74, 6) is 1.40. The van der Waals surface area contributed by atoms with Crippen molar-refractivity contribution in [3.8, 4) is 0 Å². The molecule has 8 heteroatoms. The maximum absolute atomic E-state index is 11.2. The molecule has 2 N–H and O–H groups in total. The fraction of sp³-hybridized carbons (Fsp3) is 0.545. The first-order valence-corrected chi connectivity index (χ1v) is 6.73. The van der Waals surface area contributed by atoms with Crippen molar-refractivity contribution in [3.63, 3.8) is 0 Å². The highest BCUT2D eigenvalue weighted by Gasteiger charge is 2.26. The Morgan fingerprint density at radius 1 is 1.63 bits per heavy atom. The van der Waals surface area contributed by atoms with Crippen LogP contribution < -0.4 is 15.5 Å². The Labute approximate surface area is 119 Å². The van der Waals surface area contributed by atoms with Crippen LogP contribution in [0.5, 0.6) is 0 Å². The highest BCUT2D eigenvalue weighted by molar-refractivity contribution is 9.10. The predicted molar refractivity (Wildman–Crippen MR) is 75.4 cm³/mol. The lowest BCUT2D eigenvalue weighted by molar-refractivity contribution is 0.167. The number of hydrogen-bond donors (Lipinski definition) is 2. The van der Waals surface area contributed by atoms with Crippen LogP contribution in [0.25, 0.3) is 0 Å². The minimum atomic E-state index is -0.399. The molecule has 1 aliphatic rings. The van der Waals surface area contributed by atoms with E-state index in [-0.39, 0.29) is 6.04 Å². The zero-order valence-corrected chi connectivity index (χ0v) is 12.4. The van der Waals surface area contributed by atoms with E-state index in [4.69, 9.17) is 0 Å². The van der Waals surface area contributed by atoms with Gasteiger partial charge >= 0.3 is 6.09 Å². The maximum atomic E-state index is 11.2. The van der Waals surface area contributed by atoms with Crippen LogP contribution in [0.3, 0.4) is 0 Å². The number of ether oxygens (including phenoxy) is 1. The van der Waals surface area contributed by atoms with Crippen LogP contribution in [0.1, 0.15) is 6.42 Å². The van der Waals surface area contributed by atoms with Gasteiger partial charge < -0.3 is 20.3 Å². The largest absolute Gasteiger partial charge is 0.453 e. The van der Waals surface area contributed by atoms with Gasteiger partial charge in [-0.3, -0.25) is 0 Å². The van der Waals surface area contributed by atoms with E-state index in [9.17, 15) is 4.79 Å². The molecule has 0 bridgehead atoms. The minimum Gasteiger partial charge on any atom is -0.453 e. The number of carbonyl (C=O) groups excluding carboxylic acids is 1. The molecule has 1 atom stereocenters. The Kier molecular flexibility index (Phi) is 4.41. The van der Waals surface area contributed by atoms with E-state index in [0.29, 0.717) is 12.5 Å². The monoisotopic (exact) mass is 329 g/mol. The molecule has 0 radical (unpaired) electrons. The van der Waals surface area contributed by atoms with E-state index in [1.807, 2.05) is 0 Å². The van der Waals surface area contributed by atoms with Gasteiger partial charge in [-0.15, -0.1) is 0 Å². The number of nitrogens with zero attached hydrogens (tertiary/aromatic N) is 3.